The molecule has 0 aromatic heterocycles. The number of carbonyl (C=O) groups is 1. The van der Waals surface area contributed by atoms with Crippen LogP contribution in [-0.2, 0) is 0 Å². The molecule has 0 saturated carbocycles. The van der Waals surface area contributed by atoms with Crippen molar-refractivity contribution in [2.24, 2.45) is 0 Å². The van der Waals surface area contributed by atoms with E-state index in [-0.39, 0.29) is 5.91 Å². The highest BCUT2D eigenvalue weighted by molar-refractivity contribution is 5.98. The molecule has 2 atom stereocenters. The van der Waals surface area contributed by atoms with Crippen molar-refractivity contribution in [3.8, 4) is 0 Å². The van der Waals surface area contributed by atoms with Gasteiger partial charge in [-0.15, -0.1) is 0 Å². The Morgan fingerprint density at radius 3 is 2.55 bits per heavy atom. The Morgan fingerprint density at radius 1 is 0.950 bits per heavy atom. The van der Waals surface area contributed by atoms with Crippen molar-refractivity contribution >= 4 is 5.91 Å². The zero-order valence-electron chi connectivity index (χ0n) is 11.3. The van der Waals surface area contributed by atoms with Gasteiger partial charge in [-0.3, -0.25) is 4.79 Å². The number of hydrogen-bond donors (Lipinski definition) is 0. The van der Waals surface area contributed by atoms with Gasteiger partial charge in [0.2, 0.25) is 0 Å². The van der Waals surface area contributed by atoms with Gasteiger partial charge in [0.15, 0.2) is 0 Å². The number of amides is 1. The molecule has 0 unspecified atom stereocenters. The van der Waals surface area contributed by atoms with Crippen molar-refractivity contribution in [1.82, 2.24) is 4.90 Å². The summed E-state index contributed by atoms with van der Waals surface area (Å²) in [6.45, 7) is 0.904. The van der Waals surface area contributed by atoms with Crippen LogP contribution in [0, 0.1) is 0 Å². The zero-order valence-corrected chi connectivity index (χ0v) is 11.3. The van der Waals surface area contributed by atoms with Gasteiger partial charge in [-0.1, -0.05) is 48.5 Å². The van der Waals surface area contributed by atoms with Crippen LogP contribution in [-0.4, -0.2) is 23.4 Å². The van der Waals surface area contributed by atoms with E-state index in [1.54, 1.807) is 0 Å². The molecule has 2 aliphatic rings. The molecule has 2 nitrogen and oxygen atoms in total. The third kappa shape index (κ3) is 1.61. The van der Waals surface area contributed by atoms with E-state index in [1.807, 2.05) is 18.2 Å². The Kier molecular flexibility index (Phi) is 2.62. The van der Waals surface area contributed by atoms with Crippen LogP contribution in [0.15, 0.2) is 54.6 Å². The van der Waals surface area contributed by atoms with Gasteiger partial charge in [0.1, 0.15) is 0 Å². The molecule has 0 radical (unpaired) electrons. The second kappa shape index (κ2) is 4.48. The molecule has 4 rings (SSSR count). The molecule has 1 saturated heterocycles. The molecule has 2 heteroatoms. The molecule has 2 heterocycles. The average molecular weight is 263 g/mol. The third-order valence-corrected chi connectivity index (χ3v) is 4.63. The first-order valence-corrected chi connectivity index (χ1v) is 7.31. The number of carbonyl (C=O) groups excluding carboxylic acids is 1. The van der Waals surface area contributed by atoms with E-state index >= 15 is 0 Å². The molecule has 0 N–H and O–H groups in total. The minimum atomic E-state index is 0.218. The van der Waals surface area contributed by atoms with Gasteiger partial charge in [0, 0.05) is 24.1 Å². The van der Waals surface area contributed by atoms with E-state index in [0.717, 1.165) is 24.9 Å². The molecule has 2 aliphatic heterocycles. The molecular weight excluding hydrogens is 246 g/mol. The largest absolute Gasteiger partial charge is 0.335 e. The van der Waals surface area contributed by atoms with Crippen molar-refractivity contribution in [1.29, 1.82) is 0 Å². The summed E-state index contributed by atoms with van der Waals surface area (Å²) < 4.78 is 0. The highest BCUT2D eigenvalue weighted by Gasteiger charge is 2.42. The predicted octanol–water partition coefficient (Wildman–Crippen LogP) is 3.44. The normalized spacial score (nSPS) is 24.4. The van der Waals surface area contributed by atoms with Crippen molar-refractivity contribution in [3.05, 3.63) is 71.3 Å². The highest BCUT2D eigenvalue weighted by Crippen LogP contribution is 2.42. The van der Waals surface area contributed by atoms with Gasteiger partial charge < -0.3 is 4.90 Å². The smallest absolute Gasteiger partial charge is 0.254 e. The lowest BCUT2D eigenvalue weighted by molar-refractivity contribution is 0.0698. The molecule has 100 valence electrons. The first kappa shape index (κ1) is 11.7. The number of rotatable bonds is 1. The third-order valence-electron chi connectivity index (χ3n) is 4.63. The fourth-order valence-electron chi connectivity index (χ4n) is 3.78. The van der Waals surface area contributed by atoms with Gasteiger partial charge in [0.25, 0.3) is 5.91 Å². The van der Waals surface area contributed by atoms with Crippen LogP contribution >= 0.6 is 0 Å². The summed E-state index contributed by atoms with van der Waals surface area (Å²) in [5.74, 6) is 0.544. The highest BCUT2D eigenvalue weighted by atomic mass is 16.2. The molecule has 2 aromatic carbocycles. The Labute approximate surface area is 119 Å². The molecule has 20 heavy (non-hydrogen) atoms. The van der Waals surface area contributed by atoms with Crippen LogP contribution in [0.25, 0.3) is 0 Å². The van der Waals surface area contributed by atoms with E-state index in [1.165, 1.54) is 11.1 Å². The summed E-state index contributed by atoms with van der Waals surface area (Å²) in [5.41, 5.74) is 3.41. The van der Waals surface area contributed by atoms with E-state index < -0.39 is 0 Å². The van der Waals surface area contributed by atoms with Crippen LogP contribution in [0.3, 0.4) is 0 Å². The van der Waals surface area contributed by atoms with E-state index in [0.29, 0.717) is 12.0 Å². The fourth-order valence-corrected chi connectivity index (χ4v) is 3.78. The Morgan fingerprint density at radius 2 is 1.70 bits per heavy atom. The fraction of sp³-hybridized carbons (Fsp3) is 0.278. The number of hydrogen-bond acceptors (Lipinski definition) is 1. The van der Waals surface area contributed by atoms with Crippen LogP contribution < -0.4 is 0 Å². The lowest BCUT2D eigenvalue weighted by Crippen LogP contribution is -2.44. The molecule has 0 bridgehead atoms. The first-order chi connectivity index (χ1) is 9.86. The van der Waals surface area contributed by atoms with E-state index in [2.05, 4.69) is 41.3 Å². The topological polar surface area (TPSA) is 20.3 Å². The lowest BCUT2D eigenvalue weighted by Gasteiger charge is -2.38. The van der Waals surface area contributed by atoms with Crippen molar-refractivity contribution in [2.75, 3.05) is 6.54 Å². The summed E-state index contributed by atoms with van der Waals surface area (Å²) in [6.07, 6.45) is 2.23. The van der Waals surface area contributed by atoms with E-state index in [9.17, 15) is 4.79 Å². The molecular formula is C18H17NO. The van der Waals surface area contributed by atoms with Crippen LogP contribution in [0.2, 0.25) is 0 Å². The maximum absolute atomic E-state index is 12.6. The van der Waals surface area contributed by atoms with Crippen LogP contribution in [0.4, 0.5) is 0 Å². The molecule has 0 spiro atoms. The molecule has 1 amide bonds. The monoisotopic (exact) mass is 263 g/mol. The van der Waals surface area contributed by atoms with Gasteiger partial charge >= 0.3 is 0 Å². The lowest BCUT2D eigenvalue weighted by atomic mass is 9.79. The summed E-state index contributed by atoms with van der Waals surface area (Å²) in [4.78, 5) is 14.7. The maximum atomic E-state index is 12.6. The second-order valence-corrected chi connectivity index (χ2v) is 5.68. The van der Waals surface area contributed by atoms with Crippen molar-refractivity contribution in [2.45, 2.75) is 24.8 Å². The summed E-state index contributed by atoms with van der Waals surface area (Å²) in [7, 11) is 0. The van der Waals surface area contributed by atoms with Gasteiger partial charge in [0.05, 0.1) is 0 Å². The Bertz CT molecular complexity index is 649. The summed E-state index contributed by atoms with van der Waals surface area (Å²) in [5, 5.41) is 0. The molecule has 0 aliphatic carbocycles. The van der Waals surface area contributed by atoms with Crippen molar-refractivity contribution < 1.29 is 4.79 Å². The minimum absolute atomic E-state index is 0.218. The van der Waals surface area contributed by atoms with Gasteiger partial charge in [-0.05, 0) is 30.0 Å². The van der Waals surface area contributed by atoms with E-state index in [4.69, 9.17) is 0 Å². The van der Waals surface area contributed by atoms with Crippen molar-refractivity contribution in [3.63, 3.8) is 0 Å². The first-order valence-electron chi connectivity index (χ1n) is 7.31. The Balaban J connectivity index is 1.91. The van der Waals surface area contributed by atoms with Gasteiger partial charge in [-0.2, -0.15) is 0 Å². The van der Waals surface area contributed by atoms with Crippen LogP contribution in [0.1, 0.15) is 40.2 Å². The zero-order chi connectivity index (χ0) is 13.5. The standard InChI is InChI=1S/C18H17NO/c20-18-15-10-5-4-9-14(15)17(13-7-2-1-3-8-13)16-11-6-12-19(16)18/h1-5,7-10,16-17H,6,11-12H2/t16-,17+/m0/s1. The number of fused-ring (bicyclic) bond motifs is 2. The summed E-state index contributed by atoms with van der Waals surface area (Å²) in [6, 6.07) is 19.1. The van der Waals surface area contributed by atoms with Gasteiger partial charge in [-0.25, -0.2) is 0 Å². The predicted molar refractivity (Wildman–Crippen MR) is 78.8 cm³/mol. The number of nitrogens with zero attached hydrogens (tertiary/aromatic N) is 1. The SMILES string of the molecule is O=C1c2ccccc2[C@@H](c2ccccc2)[C@@H]2CCCN12. The average Bonchev–Trinajstić information content (AvgIpc) is 2.98. The summed E-state index contributed by atoms with van der Waals surface area (Å²) >= 11 is 0. The Hall–Kier alpha value is -2.09. The molecule has 2 aromatic rings. The molecule has 1 fully saturated rings. The second-order valence-electron chi connectivity index (χ2n) is 5.68. The minimum Gasteiger partial charge on any atom is -0.335 e. The quantitative estimate of drug-likeness (QED) is 0.772. The maximum Gasteiger partial charge on any atom is 0.254 e. The van der Waals surface area contributed by atoms with Crippen LogP contribution in [0.5, 0.6) is 0 Å². The number of benzene rings is 2.